The van der Waals surface area contributed by atoms with Gasteiger partial charge in [-0.3, -0.25) is 9.78 Å². The first-order valence-electron chi connectivity index (χ1n) is 4.81. The standard InChI is InChI=1S/C9H9F3N2O4S/c10-9(11,12)6-14(5-8(15)16)19(17,18)7-2-1-3-13-4-7/h1-4H,5-6H2,(H,15,16). The Bertz CT molecular complexity index is 544. The molecule has 0 atom stereocenters. The molecule has 10 heteroatoms. The molecule has 0 amide bonds. The van der Waals surface area contributed by atoms with Gasteiger partial charge >= 0.3 is 12.1 Å². The van der Waals surface area contributed by atoms with E-state index >= 15 is 0 Å². The molecule has 1 rings (SSSR count). The molecule has 0 aliphatic heterocycles. The highest BCUT2D eigenvalue weighted by molar-refractivity contribution is 7.89. The van der Waals surface area contributed by atoms with Crippen molar-refractivity contribution in [1.82, 2.24) is 9.29 Å². The minimum absolute atomic E-state index is 0.160. The van der Waals surface area contributed by atoms with Crippen molar-refractivity contribution in [1.29, 1.82) is 0 Å². The SMILES string of the molecule is O=C(O)CN(CC(F)(F)F)S(=O)(=O)c1cccnc1. The van der Waals surface area contributed by atoms with Gasteiger partial charge in [0.15, 0.2) is 0 Å². The number of pyridine rings is 1. The van der Waals surface area contributed by atoms with Gasteiger partial charge in [0.2, 0.25) is 10.0 Å². The zero-order valence-electron chi connectivity index (χ0n) is 9.33. The normalized spacial score (nSPS) is 12.6. The number of hydrogen-bond acceptors (Lipinski definition) is 4. The van der Waals surface area contributed by atoms with E-state index < -0.39 is 40.2 Å². The fourth-order valence-electron chi connectivity index (χ4n) is 1.23. The van der Waals surface area contributed by atoms with E-state index in [1.54, 1.807) is 0 Å². The van der Waals surface area contributed by atoms with Gasteiger partial charge in [0.05, 0.1) is 0 Å². The first-order valence-corrected chi connectivity index (χ1v) is 6.25. The first-order chi connectivity index (χ1) is 8.63. The van der Waals surface area contributed by atoms with Crippen molar-refractivity contribution in [3.8, 4) is 0 Å². The third-order valence-corrected chi connectivity index (χ3v) is 3.71. The van der Waals surface area contributed by atoms with Gasteiger partial charge in [-0.2, -0.15) is 17.5 Å². The highest BCUT2D eigenvalue weighted by Gasteiger charge is 2.38. The lowest BCUT2D eigenvalue weighted by Crippen LogP contribution is -2.41. The van der Waals surface area contributed by atoms with Gasteiger partial charge < -0.3 is 5.11 Å². The Morgan fingerprint density at radius 1 is 1.42 bits per heavy atom. The predicted molar refractivity (Wildman–Crippen MR) is 56.7 cm³/mol. The van der Waals surface area contributed by atoms with Gasteiger partial charge in [-0.25, -0.2) is 8.42 Å². The van der Waals surface area contributed by atoms with Crippen LogP contribution in [0.15, 0.2) is 29.4 Å². The number of nitrogens with zero attached hydrogens (tertiary/aromatic N) is 2. The zero-order chi connectivity index (χ0) is 14.7. The Balaban J connectivity index is 3.13. The lowest BCUT2D eigenvalue weighted by Gasteiger charge is -2.21. The number of sulfonamides is 1. The molecule has 1 heterocycles. The summed E-state index contributed by atoms with van der Waals surface area (Å²) >= 11 is 0. The lowest BCUT2D eigenvalue weighted by molar-refractivity contribution is -0.146. The van der Waals surface area contributed by atoms with Crippen LogP contribution >= 0.6 is 0 Å². The van der Waals surface area contributed by atoms with Gasteiger partial charge in [-0.05, 0) is 12.1 Å². The van der Waals surface area contributed by atoms with E-state index in [0.29, 0.717) is 0 Å². The Morgan fingerprint density at radius 2 is 2.05 bits per heavy atom. The molecule has 0 bridgehead atoms. The number of alkyl halides is 3. The molecule has 6 nitrogen and oxygen atoms in total. The van der Waals surface area contributed by atoms with Crippen molar-refractivity contribution in [3.63, 3.8) is 0 Å². The van der Waals surface area contributed by atoms with Crippen molar-refractivity contribution in [2.75, 3.05) is 13.1 Å². The summed E-state index contributed by atoms with van der Waals surface area (Å²) in [5.74, 6) is -1.68. The molecule has 1 aromatic heterocycles. The molecule has 1 N–H and O–H groups in total. The topological polar surface area (TPSA) is 87.6 Å². The molecular weight excluding hydrogens is 289 g/mol. The number of rotatable bonds is 5. The fourth-order valence-corrected chi connectivity index (χ4v) is 2.56. The largest absolute Gasteiger partial charge is 0.480 e. The summed E-state index contributed by atoms with van der Waals surface area (Å²) in [7, 11) is -4.56. The third kappa shape index (κ3) is 4.48. The number of carboxylic acids is 1. The van der Waals surface area contributed by atoms with Crippen LogP contribution in [0, 0.1) is 0 Å². The quantitative estimate of drug-likeness (QED) is 0.865. The summed E-state index contributed by atoms with van der Waals surface area (Å²) < 4.78 is 60.4. The predicted octanol–water partition coefficient (Wildman–Crippen LogP) is 0.719. The number of aromatic nitrogens is 1. The summed E-state index contributed by atoms with van der Waals surface area (Å²) in [4.78, 5) is 13.5. The molecule has 0 spiro atoms. The molecule has 0 aliphatic carbocycles. The Hall–Kier alpha value is -1.68. The van der Waals surface area contributed by atoms with Crippen molar-refractivity contribution in [2.45, 2.75) is 11.1 Å². The van der Waals surface area contributed by atoms with Crippen LogP contribution in [-0.4, -0.2) is 48.0 Å². The Kier molecular flexibility index (Phi) is 4.48. The first kappa shape index (κ1) is 15.4. The molecule has 0 unspecified atom stereocenters. The summed E-state index contributed by atoms with van der Waals surface area (Å²) in [5, 5.41) is 8.50. The van der Waals surface area contributed by atoms with Crippen LogP contribution in [0.5, 0.6) is 0 Å². The van der Waals surface area contributed by atoms with Crippen LogP contribution in [0.3, 0.4) is 0 Å². The van der Waals surface area contributed by atoms with Crippen molar-refractivity contribution >= 4 is 16.0 Å². The van der Waals surface area contributed by atoms with Gasteiger partial charge in [0.25, 0.3) is 0 Å². The molecule has 0 aromatic carbocycles. The van der Waals surface area contributed by atoms with Crippen molar-refractivity contribution in [3.05, 3.63) is 24.5 Å². The van der Waals surface area contributed by atoms with E-state index in [9.17, 15) is 26.4 Å². The van der Waals surface area contributed by atoms with Gasteiger partial charge in [0.1, 0.15) is 18.0 Å². The summed E-state index contributed by atoms with van der Waals surface area (Å²) in [6, 6.07) is 2.26. The molecule has 1 aromatic rings. The lowest BCUT2D eigenvalue weighted by atomic mass is 10.5. The molecule has 19 heavy (non-hydrogen) atoms. The van der Waals surface area contributed by atoms with E-state index in [0.717, 1.165) is 12.3 Å². The monoisotopic (exact) mass is 298 g/mol. The second-order valence-electron chi connectivity index (χ2n) is 3.47. The minimum atomic E-state index is -4.84. The number of aliphatic carboxylic acids is 1. The number of carboxylic acid groups (broad SMARTS) is 1. The fraction of sp³-hybridized carbons (Fsp3) is 0.333. The zero-order valence-corrected chi connectivity index (χ0v) is 10.1. The molecule has 106 valence electrons. The van der Waals surface area contributed by atoms with Crippen LogP contribution in [-0.2, 0) is 14.8 Å². The summed E-state index contributed by atoms with van der Waals surface area (Å²) in [6.07, 6.45) is -2.75. The second kappa shape index (κ2) is 5.53. The van der Waals surface area contributed by atoms with Crippen molar-refractivity contribution in [2.24, 2.45) is 0 Å². The highest BCUT2D eigenvalue weighted by atomic mass is 32.2. The van der Waals surface area contributed by atoms with Crippen LogP contribution in [0.4, 0.5) is 13.2 Å². The second-order valence-corrected chi connectivity index (χ2v) is 5.41. The molecule has 0 fully saturated rings. The van der Waals surface area contributed by atoms with Crippen LogP contribution in [0.1, 0.15) is 0 Å². The van der Waals surface area contributed by atoms with E-state index in [4.69, 9.17) is 5.11 Å². The number of hydrogen-bond donors (Lipinski definition) is 1. The van der Waals surface area contributed by atoms with E-state index in [1.165, 1.54) is 12.3 Å². The summed E-state index contributed by atoms with van der Waals surface area (Å²) in [6.45, 7) is -3.16. The Morgan fingerprint density at radius 3 is 2.47 bits per heavy atom. The Labute approximate surface area is 106 Å². The molecule has 0 aliphatic rings. The highest BCUT2D eigenvalue weighted by Crippen LogP contribution is 2.21. The maximum Gasteiger partial charge on any atom is 0.402 e. The van der Waals surface area contributed by atoms with Gasteiger partial charge in [-0.1, -0.05) is 0 Å². The van der Waals surface area contributed by atoms with E-state index in [-0.39, 0.29) is 4.31 Å². The van der Waals surface area contributed by atoms with E-state index in [1.807, 2.05) is 0 Å². The smallest absolute Gasteiger partial charge is 0.402 e. The molecular formula is C9H9F3N2O4S. The number of carbonyl (C=O) groups is 1. The average Bonchev–Trinajstić information content (AvgIpc) is 2.27. The van der Waals surface area contributed by atoms with Crippen LogP contribution < -0.4 is 0 Å². The molecule has 0 saturated heterocycles. The molecule has 0 radical (unpaired) electrons. The van der Waals surface area contributed by atoms with Gasteiger partial charge in [-0.15, -0.1) is 0 Å². The average molecular weight is 298 g/mol. The van der Waals surface area contributed by atoms with E-state index in [2.05, 4.69) is 4.98 Å². The maximum absolute atomic E-state index is 12.3. The third-order valence-electron chi connectivity index (χ3n) is 1.94. The maximum atomic E-state index is 12.3. The van der Waals surface area contributed by atoms with Crippen LogP contribution in [0.25, 0.3) is 0 Å². The summed E-state index contributed by atoms with van der Waals surface area (Å²) in [5.41, 5.74) is 0. The number of halogens is 3. The minimum Gasteiger partial charge on any atom is -0.480 e. The van der Waals surface area contributed by atoms with Crippen LogP contribution in [0.2, 0.25) is 0 Å². The van der Waals surface area contributed by atoms with Gasteiger partial charge in [0, 0.05) is 12.4 Å². The molecule has 0 saturated carbocycles. The van der Waals surface area contributed by atoms with Crippen molar-refractivity contribution < 1.29 is 31.5 Å².